The van der Waals surface area contributed by atoms with Crippen LogP contribution in [0.1, 0.15) is 5.56 Å². The van der Waals surface area contributed by atoms with Gasteiger partial charge in [-0.15, -0.1) is 0 Å². The van der Waals surface area contributed by atoms with Crippen LogP contribution in [-0.2, 0) is 26.1 Å². The van der Waals surface area contributed by atoms with Crippen molar-refractivity contribution in [3.8, 4) is 0 Å². The molecule has 1 atom stereocenters. The van der Waals surface area contributed by atoms with Crippen LogP contribution in [0.4, 0.5) is 13.2 Å². The van der Waals surface area contributed by atoms with Crippen LogP contribution in [0.3, 0.4) is 0 Å². The SMILES string of the molecule is O=S(O)(=S)c1cccc(C(F)(F)F)c1. The molecule has 1 N–H and O–H groups in total. The Bertz CT molecular complexity index is 436. The summed E-state index contributed by atoms with van der Waals surface area (Å²) in [6, 6.07) is 3.52. The van der Waals surface area contributed by atoms with E-state index in [0.717, 1.165) is 18.2 Å². The highest BCUT2D eigenvalue weighted by molar-refractivity contribution is 8.29. The second-order valence-corrected chi connectivity index (χ2v) is 5.28. The molecule has 0 aliphatic heterocycles. The van der Waals surface area contributed by atoms with Gasteiger partial charge in [-0.3, -0.25) is 0 Å². The van der Waals surface area contributed by atoms with E-state index in [4.69, 9.17) is 4.55 Å². The third-order valence-electron chi connectivity index (χ3n) is 1.46. The molecule has 1 aromatic rings. The van der Waals surface area contributed by atoms with Crippen LogP contribution in [0.25, 0.3) is 0 Å². The molecule has 0 aliphatic carbocycles. The first kappa shape index (κ1) is 11.4. The van der Waals surface area contributed by atoms with Gasteiger partial charge in [0.05, 0.1) is 10.5 Å². The molecule has 0 spiro atoms. The summed E-state index contributed by atoms with van der Waals surface area (Å²) in [4.78, 5) is -0.401. The maximum absolute atomic E-state index is 12.1. The second kappa shape index (κ2) is 3.48. The van der Waals surface area contributed by atoms with Gasteiger partial charge < -0.3 is 4.55 Å². The smallest absolute Gasteiger partial charge is 0.302 e. The minimum Gasteiger partial charge on any atom is -0.302 e. The van der Waals surface area contributed by atoms with Crippen molar-refractivity contribution in [2.75, 3.05) is 0 Å². The topological polar surface area (TPSA) is 37.3 Å². The van der Waals surface area contributed by atoms with E-state index in [1.54, 1.807) is 0 Å². The first-order chi connectivity index (χ1) is 6.21. The summed E-state index contributed by atoms with van der Waals surface area (Å²) in [6.45, 7) is 0. The van der Waals surface area contributed by atoms with E-state index in [9.17, 15) is 17.4 Å². The van der Waals surface area contributed by atoms with Gasteiger partial charge in [-0.25, -0.2) is 4.21 Å². The highest BCUT2D eigenvalue weighted by Gasteiger charge is 2.30. The third kappa shape index (κ3) is 2.66. The Labute approximate surface area is 83.2 Å². The molecule has 0 bridgehead atoms. The molecule has 0 heterocycles. The van der Waals surface area contributed by atoms with Gasteiger partial charge >= 0.3 is 6.18 Å². The highest BCUT2D eigenvalue weighted by Crippen LogP contribution is 2.30. The molecule has 0 aromatic heterocycles. The molecule has 0 amide bonds. The molecular formula is C7H5F3O2S2. The Balaban J connectivity index is 3.29. The van der Waals surface area contributed by atoms with Crippen LogP contribution in [0, 0.1) is 0 Å². The van der Waals surface area contributed by atoms with Crippen LogP contribution in [0.15, 0.2) is 29.2 Å². The zero-order valence-corrected chi connectivity index (χ0v) is 8.25. The lowest BCUT2D eigenvalue weighted by molar-refractivity contribution is -0.137. The Morgan fingerprint density at radius 3 is 2.36 bits per heavy atom. The van der Waals surface area contributed by atoms with Crippen molar-refractivity contribution in [2.45, 2.75) is 11.1 Å². The monoisotopic (exact) mass is 242 g/mol. The average Bonchev–Trinajstić information content (AvgIpc) is 2.01. The van der Waals surface area contributed by atoms with Crippen molar-refractivity contribution in [3.63, 3.8) is 0 Å². The van der Waals surface area contributed by atoms with Crippen LogP contribution >= 0.6 is 0 Å². The van der Waals surface area contributed by atoms with Crippen LogP contribution < -0.4 is 0 Å². The molecule has 14 heavy (non-hydrogen) atoms. The summed E-state index contributed by atoms with van der Waals surface area (Å²) in [5.41, 5.74) is -0.985. The van der Waals surface area contributed by atoms with Crippen molar-refractivity contribution < 1.29 is 21.9 Å². The number of halogens is 3. The largest absolute Gasteiger partial charge is 0.416 e. The zero-order valence-electron chi connectivity index (χ0n) is 6.62. The maximum Gasteiger partial charge on any atom is 0.416 e. The lowest BCUT2D eigenvalue weighted by atomic mass is 10.2. The van der Waals surface area contributed by atoms with Gasteiger partial charge in [-0.05, 0) is 18.2 Å². The Morgan fingerprint density at radius 1 is 1.36 bits per heavy atom. The van der Waals surface area contributed by atoms with Crippen molar-refractivity contribution in [1.82, 2.24) is 0 Å². The Morgan fingerprint density at radius 2 is 1.93 bits per heavy atom. The molecule has 0 radical (unpaired) electrons. The first-order valence-corrected chi connectivity index (χ1v) is 5.80. The molecule has 0 aliphatic rings. The van der Waals surface area contributed by atoms with Gasteiger partial charge in [0.2, 0.25) is 0 Å². The third-order valence-corrected chi connectivity index (χ3v) is 2.89. The number of alkyl halides is 3. The van der Waals surface area contributed by atoms with Crippen LogP contribution in [0.2, 0.25) is 0 Å². The van der Waals surface area contributed by atoms with Crippen molar-refractivity contribution in [1.29, 1.82) is 0 Å². The van der Waals surface area contributed by atoms with Crippen molar-refractivity contribution in [2.24, 2.45) is 0 Å². The molecule has 2 nitrogen and oxygen atoms in total. The molecular weight excluding hydrogens is 237 g/mol. The highest BCUT2D eigenvalue weighted by atomic mass is 32.8. The van der Waals surface area contributed by atoms with Gasteiger partial charge in [-0.2, -0.15) is 13.2 Å². The second-order valence-electron chi connectivity index (χ2n) is 2.50. The van der Waals surface area contributed by atoms with E-state index in [1.807, 2.05) is 0 Å². The standard InChI is InChI=1S/C7H5F3O2S2/c8-7(9,10)5-2-1-3-6(4-5)14(11,12)13/h1-4H,(H,11,12,13). The lowest BCUT2D eigenvalue weighted by Crippen LogP contribution is -2.06. The predicted octanol–water partition coefficient (Wildman–Crippen LogP) is 2.28. The van der Waals surface area contributed by atoms with Crippen LogP contribution in [0.5, 0.6) is 0 Å². The number of hydrogen-bond donors (Lipinski definition) is 1. The minimum atomic E-state index is -4.53. The van der Waals surface area contributed by atoms with Gasteiger partial charge in [0.15, 0.2) is 8.77 Å². The van der Waals surface area contributed by atoms with E-state index >= 15 is 0 Å². The average molecular weight is 242 g/mol. The summed E-state index contributed by atoms with van der Waals surface area (Å²) >= 11 is 4.15. The van der Waals surface area contributed by atoms with E-state index in [-0.39, 0.29) is 0 Å². The number of rotatable bonds is 1. The van der Waals surface area contributed by atoms with Gasteiger partial charge in [0, 0.05) is 11.2 Å². The minimum absolute atomic E-state index is 0.401. The van der Waals surface area contributed by atoms with Crippen molar-refractivity contribution >= 4 is 20.0 Å². The number of hydrogen-bond acceptors (Lipinski definition) is 2. The van der Waals surface area contributed by atoms with E-state index in [2.05, 4.69) is 11.2 Å². The summed E-state index contributed by atoms with van der Waals surface area (Å²) in [7, 11) is -3.75. The first-order valence-electron chi connectivity index (χ1n) is 3.36. The molecule has 0 fully saturated rings. The molecule has 1 aromatic carbocycles. The van der Waals surface area contributed by atoms with E-state index < -0.39 is 25.4 Å². The Hall–Kier alpha value is -0.660. The fourth-order valence-electron chi connectivity index (χ4n) is 0.833. The summed E-state index contributed by atoms with van der Waals surface area (Å²) in [5, 5.41) is 0. The van der Waals surface area contributed by atoms with Crippen molar-refractivity contribution in [3.05, 3.63) is 29.8 Å². The van der Waals surface area contributed by atoms with Gasteiger partial charge in [-0.1, -0.05) is 6.07 Å². The molecule has 0 saturated carbocycles. The van der Waals surface area contributed by atoms with E-state index in [0.29, 0.717) is 6.07 Å². The number of benzene rings is 1. The molecule has 1 rings (SSSR count). The molecule has 0 saturated heterocycles. The summed E-state index contributed by atoms with van der Waals surface area (Å²) in [6.07, 6.45) is -4.53. The maximum atomic E-state index is 12.1. The van der Waals surface area contributed by atoms with E-state index in [1.165, 1.54) is 0 Å². The lowest BCUT2D eigenvalue weighted by Gasteiger charge is -2.07. The van der Waals surface area contributed by atoms with Gasteiger partial charge in [0.1, 0.15) is 0 Å². The normalized spacial score (nSPS) is 16.3. The van der Waals surface area contributed by atoms with Gasteiger partial charge in [0.25, 0.3) is 0 Å². The fourth-order valence-corrected chi connectivity index (χ4v) is 1.67. The fraction of sp³-hybridized carbons (Fsp3) is 0.143. The summed E-state index contributed by atoms with van der Waals surface area (Å²) in [5.74, 6) is 0. The quantitative estimate of drug-likeness (QED) is 0.821. The predicted molar refractivity (Wildman–Crippen MR) is 47.8 cm³/mol. The Kier molecular flexibility index (Phi) is 2.84. The molecule has 1 unspecified atom stereocenters. The molecule has 78 valence electrons. The molecule has 7 heteroatoms. The summed E-state index contributed by atoms with van der Waals surface area (Å²) < 4.78 is 56.2. The zero-order chi connectivity index (χ0) is 11.0. The van der Waals surface area contributed by atoms with Crippen LogP contribution in [-0.4, -0.2) is 8.76 Å².